The first-order chi connectivity index (χ1) is 9.02. The first-order valence-corrected chi connectivity index (χ1v) is 6.20. The molecular formula is C13H18N4O2. The fourth-order valence-corrected chi connectivity index (χ4v) is 1.74. The number of hydrogen-bond acceptors (Lipinski definition) is 4. The highest BCUT2D eigenvalue weighted by molar-refractivity contribution is 5.95. The summed E-state index contributed by atoms with van der Waals surface area (Å²) in [6.07, 6.45) is 2.88. The summed E-state index contributed by atoms with van der Waals surface area (Å²) >= 11 is 0. The van der Waals surface area contributed by atoms with Crippen LogP contribution >= 0.6 is 0 Å². The Hall–Kier alpha value is -1.95. The van der Waals surface area contributed by atoms with E-state index in [-0.39, 0.29) is 11.9 Å². The summed E-state index contributed by atoms with van der Waals surface area (Å²) in [5.74, 6) is -0.195. The van der Waals surface area contributed by atoms with Gasteiger partial charge in [0.25, 0.3) is 5.91 Å². The van der Waals surface area contributed by atoms with Crippen LogP contribution < -0.4 is 5.32 Å². The number of nitrogens with one attached hydrogen (secondary N) is 1. The minimum Gasteiger partial charge on any atom is -0.372 e. The van der Waals surface area contributed by atoms with E-state index < -0.39 is 6.10 Å². The van der Waals surface area contributed by atoms with Gasteiger partial charge in [0, 0.05) is 18.5 Å². The topological polar surface area (TPSA) is 69.0 Å². The number of pyridine rings is 1. The van der Waals surface area contributed by atoms with Crippen molar-refractivity contribution < 1.29 is 9.53 Å². The average molecular weight is 262 g/mol. The molecule has 0 radical (unpaired) electrons. The zero-order valence-electron chi connectivity index (χ0n) is 11.5. The molecule has 19 heavy (non-hydrogen) atoms. The van der Waals surface area contributed by atoms with Crippen molar-refractivity contribution in [2.45, 2.75) is 32.9 Å². The lowest BCUT2D eigenvalue weighted by atomic mass is 10.3. The maximum absolute atomic E-state index is 11.7. The molecule has 0 bridgehead atoms. The van der Waals surface area contributed by atoms with Crippen molar-refractivity contribution in [2.75, 3.05) is 12.4 Å². The minimum absolute atomic E-state index is 0.195. The largest absolute Gasteiger partial charge is 0.372 e. The number of methoxy groups -OCH3 is 1. The number of carbonyl (C=O) groups excluding carboxylic acids is 1. The van der Waals surface area contributed by atoms with Crippen molar-refractivity contribution in [1.29, 1.82) is 0 Å². The van der Waals surface area contributed by atoms with Crippen molar-refractivity contribution in [3.05, 3.63) is 18.5 Å². The Morgan fingerprint density at radius 3 is 2.74 bits per heavy atom. The molecule has 0 aliphatic heterocycles. The van der Waals surface area contributed by atoms with Gasteiger partial charge in [0.2, 0.25) is 0 Å². The summed E-state index contributed by atoms with van der Waals surface area (Å²) in [6.45, 7) is 5.78. The van der Waals surface area contributed by atoms with E-state index in [4.69, 9.17) is 4.74 Å². The molecule has 0 saturated heterocycles. The van der Waals surface area contributed by atoms with Crippen molar-refractivity contribution in [3.8, 4) is 0 Å². The molecule has 6 heteroatoms. The van der Waals surface area contributed by atoms with Gasteiger partial charge in [-0.3, -0.25) is 4.79 Å². The molecule has 0 saturated carbocycles. The minimum atomic E-state index is -0.492. The summed E-state index contributed by atoms with van der Waals surface area (Å²) in [5.41, 5.74) is 1.46. The number of ether oxygens (including phenoxy) is 1. The predicted octanol–water partition coefficient (Wildman–Crippen LogP) is 1.99. The standard InChI is InChI=1S/C13H18N4O2/c1-8(2)17-12-10(6-15-17)5-11(7-14-12)16-13(18)9(3)19-4/h5-9H,1-4H3,(H,16,18). The zero-order chi connectivity index (χ0) is 14.0. The van der Waals surface area contributed by atoms with Gasteiger partial charge < -0.3 is 10.1 Å². The van der Waals surface area contributed by atoms with Crippen molar-refractivity contribution in [3.63, 3.8) is 0 Å². The lowest BCUT2D eigenvalue weighted by molar-refractivity contribution is -0.124. The van der Waals surface area contributed by atoms with Crippen molar-refractivity contribution in [1.82, 2.24) is 14.8 Å². The number of aromatic nitrogens is 3. The Morgan fingerprint density at radius 1 is 1.37 bits per heavy atom. The van der Waals surface area contributed by atoms with Gasteiger partial charge in [-0.1, -0.05) is 0 Å². The van der Waals surface area contributed by atoms with Crippen molar-refractivity contribution in [2.24, 2.45) is 0 Å². The van der Waals surface area contributed by atoms with Gasteiger partial charge in [0.1, 0.15) is 6.10 Å². The van der Waals surface area contributed by atoms with E-state index in [9.17, 15) is 4.79 Å². The summed E-state index contributed by atoms with van der Waals surface area (Å²) in [6, 6.07) is 2.10. The molecule has 0 aliphatic carbocycles. The Kier molecular flexibility index (Phi) is 3.80. The van der Waals surface area contributed by atoms with Crippen LogP contribution in [0.25, 0.3) is 11.0 Å². The van der Waals surface area contributed by atoms with E-state index in [1.165, 1.54) is 7.11 Å². The van der Waals surface area contributed by atoms with Crippen molar-refractivity contribution >= 4 is 22.6 Å². The van der Waals surface area contributed by atoms with Gasteiger partial charge in [0.05, 0.1) is 18.1 Å². The van der Waals surface area contributed by atoms with Crippen LogP contribution in [0.3, 0.4) is 0 Å². The van der Waals surface area contributed by atoms with E-state index >= 15 is 0 Å². The van der Waals surface area contributed by atoms with Gasteiger partial charge in [-0.25, -0.2) is 9.67 Å². The number of anilines is 1. The fraction of sp³-hybridized carbons (Fsp3) is 0.462. The molecule has 2 aromatic heterocycles. The lowest BCUT2D eigenvalue weighted by Crippen LogP contribution is -2.26. The fourth-order valence-electron chi connectivity index (χ4n) is 1.74. The molecule has 2 heterocycles. The first kappa shape index (κ1) is 13.5. The number of amides is 1. The number of nitrogens with zero attached hydrogens (tertiary/aromatic N) is 3. The normalized spacial score (nSPS) is 12.9. The predicted molar refractivity (Wildman–Crippen MR) is 73.0 cm³/mol. The number of rotatable bonds is 4. The first-order valence-electron chi connectivity index (χ1n) is 6.20. The molecule has 1 atom stereocenters. The monoisotopic (exact) mass is 262 g/mol. The Labute approximate surface area is 111 Å². The van der Waals surface area contributed by atoms with Gasteiger partial charge in [0.15, 0.2) is 5.65 Å². The second-order valence-corrected chi connectivity index (χ2v) is 4.69. The van der Waals surface area contributed by atoms with Crippen LogP contribution in [0.4, 0.5) is 5.69 Å². The van der Waals surface area contributed by atoms with Crippen LogP contribution in [0.15, 0.2) is 18.5 Å². The summed E-state index contributed by atoms with van der Waals surface area (Å²) in [7, 11) is 1.50. The van der Waals surface area contributed by atoms with Gasteiger partial charge in [-0.15, -0.1) is 0 Å². The molecule has 1 unspecified atom stereocenters. The highest BCUT2D eigenvalue weighted by Gasteiger charge is 2.13. The second kappa shape index (κ2) is 5.36. The van der Waals surface area contributed by atoms with Crippen LogP contribution in [0.5, 0.6) is 0 Å². The summed E-state index contributed by atoms with van der Waals surface area (Å²) in [5, 5.41) is 7.94. The van der Waals surface area contributed by atoms with Crippen LogP contribution in [-0.2, 0) is 9.53 Å². The Morgan fingerprint density at radius 2 is 2.11 bits per heavy atom. The molecule has 0 aromatic carbocycles. The molecule has 1 amide bonds. The SMILES string of the molecule is COC(C)C(=O)Nc1cnc2c(cnn2C(C)C)c1. The molecule has 2 rings (SSSR count). The van der Waals surface area contributed by atoms with E-state index in [0.29, 0.717) is 5.69 Å². The number of carbonyl (C=O) groups is 1. The Balaban J connectivity index is 2.25. The maximum Gasteiger partial charge on any atom is 0.253 e. The van der Waals surface area contributed by atoms with E-state index in [1.54, 1.807) is 19.3 Å². The molecule has 102 valence electrons. The third-order valence-corrected chi connectivity index (χ3v) is 2.91. The molecular weight excluding hydrogens is 244 g/mol. The maximum atomic E-state index is 11.7. The molecule has 6 nitrogen and oxygen atoms in total. The van der Waals surface area contributed by atoms with Crippen LogP contribution in [0, 0.1) is 0 Å². The molecule has 0 fully saturated rings. The van der Waals surface area contributed by atoms with E-state index in [0.717, 1.165) is 11.0 Å². The molecule has 0 spiro atoms. The third kappa shape index (κ3) is 2.73. The molecule has 0 aliphatic rings. The van der Waals surface area contributed by atoms with Gasteiger partial charge >= 0.3 is 0 Å². The van der Waals surface area contributed by atoms with Gasteiger partial charge in [-0.2, -0.15) is 5.10 Å². The highest BCUT2D eigenvalue weighted by Crippen LogP contribution is 2.19. The Bertz CT molecular complexity index is 591. The lowest BCUT2D eigenvalue weighted by Gasteiger charge is -2.10. The summed E-state index contributed by atoms with van der Waals surface area (Å²) < 4.78 is 6.80. The smallest absolute Gasteiger partial charge is 0.253 e. The van der Waals surface area contributed by atoms with Crippen LogP contribution in [0.1, 0.15) is 26.8 Å². The van der Waals surface area contributed by atoms with E-state index in [1.807, 2.05) is 24.6 Å². The van der Waals surface area contributed by atoms with Gasteiger partial charge in [-0.05, 0) is 26.8 Å². The summed E-state index contributed by atoms with van der Waals surface area (Å²) in [4.78, 5) is 16.1. The van der Waals surface area contributed by atoms with E-state index in [2.05, 4.69) is 15.4 Å². The number of hydrogen-bond donors (Lipinski definition) is 1. The zero-order valence-corrected chi connectivity index (χ0v) is 11.5. The third-order valence-electron chi connectivity index (χ3n) is 2.91. The number of fused-ring (bicyclic) bond motifs is 1. The second-order valence-electron chi connectivity index (χ2n) is 4.69. The molecule has 1 N–H and O–H groups in total. The van der Waals surface area contributed by atoms with Crippen LogP contribution in [0.2, 0.25) is 0 Å². The molecule has 2 aromatic rings. The average Bonchev–Trinajstić information content (AvgIpc) is 2.80. The quantitative estimate of drug-likeness (QED) is 0.914. The van der Waals surface area contributed by atoms with Crippen LogP contribution in [-0.4, -0.2) is 33.9 Å². The highest BCUT2D eigenvalue weighted by atomic mass is 16.5.